The summed E-state index contributed by atoms with van der Waals surface area (Å²) in [6.07, 6.45) is 0. The zero-order valence-electron chi connectivity index (χ0n) is 12.1. The van der Waals surface area contributed by atoms with E-state index in [2.05, 4.69) is 34.5 Å². The zero-order chi connectivity index (χ0) is 14.5. The molecule has 0 fully saturated rings. The Kier molecular flexibility index (Phi) is 4.27. The number of nitrogens with zero attached hydrogens (tertiary/aromatic N) is 2. The molecule has 2 aromatic carbocycles. The van der Waals surface area contributed by atoms with Crippen LogP contribution in [-0.2, 0) is 6.54 Å². The van der Waals surface area contributed by atoms with Crippen molar-refractivity contribution >= 4 is 11.4 Å². The highest BCUT2D eigenvalue weighted by Gasteiger charge is 2.01. The van der Waals surface area contributed by atoms with Gasteiger partial charge in [-0.3, -0.25) is 0 Å². The third-order valence-corrected chi connectivity index (χ3v) is 3.32. The number of nitrogens with one attached hydrogen (secondary N) is 1. The summed E-state index contributed by atoms with van der Waals surface area (Å²) in [5.41, 5.74) is 5.33. The first-order valence-electron chi connectivity index (χ1n) is 6.61. The summed E-state index contributed by atoms with van der Waals surface area (Å²) < 4.78 is 0. The maximum atomic E-state index is 8.87. The molecule has 20 heavy (non-hydrogen) atoms. The third kappa shape index (κ3) is 3.30. The van der Waals surface area contributed by atoms with Crippen molar-refractivity contribution in [2.24, 2.45) is 0 Å². The van der Waals surface area contributed by atoms with Crippen LogP contribution in [0, 0.1) is 18.3 Å². The minimum absolute atomic E-state index is 0.709. The number of anilines is 2. The Morgan fingerprint density at radius 2 is 1.95 bits per heavy atom. The van der Waals surface area contributed by atoms with E-state index in [0.29, 0.717) is 5.56 Å². The van der Waals surface area contributed by atoms with Crippen LogP contribution < -0.4 is 10.2 Å². The molecule has 102 valence electrons. The molecule has 3 nitrogen and oxygen atoms in total. The van der Waals surface area contributed by atoms with Crippen LogP contribution >= 0.6 is 0 Å². The quantitative estimate of drug-likeness (QED) is 0.919. The van der Waals surface area contributed by atoms with Crippen LogP contribution in [0.5, 0.6) is 0 Å². The standard InChI is InChI=1S/C17H19N3/c1-13-9-14(11-18)7-8-15(13)12-19-16-5-4-6-17(10-16)20(2)3/h4-10,19H,12H2,1-3H3. The number of aryl methyl sites for hydroxylation is 1. The van der Waals surface area contributed by atoms with Gasteiger partial charge in [0, 0.05) is 32.0 Å². The molecule has 0 aliphatic carbocycles. The highest BCUT2D eigenvalue weighted by molar-refractivity contribution is 5.57. The Labute approximate surface area is 120 Å². The van der Waals surface area contributed by atoms with Gasteiger partial charge in [-0.15, -0.1) is 0 Å². The molecule has 0 heterocycles. The van der Waals surface area contributed by atoms with Gasteiger partial charge in [-0.25, -0.2) is 0 Å². The second-order valence-electron chi connectivity index (χ2n) is 5.05. The fourth-order valence-corrected chi connectivity index (χ4v) is 2.06. The Balaban J connectivity index is 2.09. The van der Waals surface area contributed by atoms with E-state index in [1.807, 2.05) is 45.3 Å². The SMILES string of the molecule is Cc1cc(C#N)ccc1CNc1cccc(N(C)C)c1. The number of hydrogen-bond donors (Lipinski definition) is 1. The van der Waals surface area contributed by atoms with Gasteiger partial charge >= 0.3 is 0 Å². The van der Waals surface area contributed by atoms with Gasteiger partial charge in [0.1, 0.15) is 0 Å². The molecule has 0 spiro atoms. The van der Waals surface area contributed by atoms with Crippen molar-refractivity contribution in [1.82, 2.24) is 0 Å². The first-order chi connectivity index (χ1) is 9.60. The Hall–Kier alpha value is -2.47. The van der Waals surface area contributed by atoms with Crippen molar-refractivity contribution in [2.45, 2.75) is 13.5 Å². The summed E-state index contributed by atoms with van der Waals surface area (Å²) in [4.78, 5) is 2.08. The lowest BCUT2D eigenvalue weighted by molar-refractivity contribution is 1.10. The van der Waals surface area contributed by atoms with Crippen LogP contribution in [0.4, 0.5) is 11.4 Å². The Bertz CT molecular complexity index is 639. The van der Waals surface area contributed by atoms with Crippen molar-refractivity contribution in [1.29, 1.82) is 5.26 Å². The fraction of sp³-hybridized carbons (Fsp3) is 0.235. The van der Waals surface area contributed by atoms with Gasteiger partial charge in [0.2, 0.25) is 0 Å². The molecule has 0 amide bonds. The highest BCUT2D eigenvalue weighted by atomic mass is 15.1. The largest absolute Gasteiger partial charge is 0.381 e. The van der Waals surface area contributed by atoms with E-state index in [4.69, 9.17) is 5.26 Å². The maximum Gasteiger partial charge on any atom is 0.0991 e. The minimum atomic E-state index is 0.709. The van der Waals surface area contributed by atoms with Gasteiger partial charge in [-0.05, 0) is 48.4 Å². The molecular formula is C17H19N3. The molecule has 0 saturated heterocycles. The number of nitriles is 1. The van der Waals surface area contributed by atoms with Gasteiger partial charge in [-0.1, -0.05) is 12.1 Å². The summed E-state index contributed by atoms with van der Waals surface area (Å²) in [5, 5.41) is 12.3. The lowest BCUT2D eigenvalue weighted by atomic mass is 10.1. The number of hydrogen-bond acceptors (Lipinski definition) is 3. The van der Waals surface area contributed by atoms with Gasteiger partial charge in [0.25, 0.3) is 0 Å². The fourth-order valence-electron chi connectivity index (χ4n) is 2.06. The van der Waals surface area contributed by atoms with Crippen molar-refractivity contribution in [3.05, 3.63) is 59.2 Å². The van der Waals surface area contributed by atoms with Crippen LogP contribution in [0.1, 0.15) is 16.7 Å². The van der Waals surface area contributed by atoms with Crippen molar-refractivity contribution in [2.75, 3.05) is 24.3 Å². The van der Waals surface area contributed by atoms with Crippen LogP contribution in [-0.4, -0.2) is 14.1 Å². The summed E-state index contributed by atoms with van der Waals surface area (Å²) in [5.74, 6) is 0. The second-order valence-corrected chi connectivity index (χ2v) is 5.05. The second kappa shape index (κ2) is 6.12. The molecule has 0 radical (unpaired) electrons. The van der Waals surface area contributed by atoms with Crippen molar-refractivity contribution in [3.63, 3.8) is 0 Å². The topological polar surface area (TPSA) is 39.1 Å². The van der Waals surface area contributed by atoms with E-state index in [1.165, 1.54) is 11.3 Å². The number of benzene rings is 2. The van der Waals surface area contributed by atoms with Gasteiger partial charge in [0.15, 0.2) is 0 Å². The molecule has 1 N–H and O–H groups in total. The lowest BCUT2D eigenvalue weighted by Crippen LogP contribution is -2.09. The zero-order valence-corrected chi connectivity index (χ0v) is 12.1. The lowest BCUT2D eigenvalue weighted by Gasteiger charge is -2.15. The smallest absolute Gasteiger partial charge is 0.0991 e. The molecular weight excluding hydrogens is 246 g/mol. The average Bonchev–Trinajstić information content (AvgIpc) is 2.46. The predicted molar refractivity (Wildman–Crippen MR) is 84.0 cm³/mol. The van der Waals surface area contributed by atoms with Crippen LogP contribution in [0.25, 0.3) is 0 Å². The molecule has 0 aromatic heterocycles. The molecule has 0 atom stereocenters. The van der Waals surface area contributed by atoms with Gasteiger partial charge < -0.3 is 10.2 Å². The molecule has 2 rings (SSSR count). The van der Waals surface area contributed by atoms with E-state index < -0.39 is 0 Å². The van der Waals surface area contributed by atoms with Crippen LogP contribution in [0.3, 0.4) is 0 Å². The Morgan fingerprint density at radius 1 is 1.15 bits per heavy atom. The predicted octanol–water partition coefficient (Wildman–Crippen LogP) is 3.54. The van der Waals surface area contributed by atoms with E-state index in [-0.39, 0.29) is 0 Å². The van der Waals surface area contributed by atoms with E-state index in [9.17, 15) is 0 Å². The van der Waals surface area contributed by atoms with Crippen molar-refractivity contribution in [3.8, 4) is 6.07 Å². The Morgan fingerprint density at radius 3 is 2.60 bits per heavy atom. The minimum Gasteiger partial charge on any atom is -0.381 e. The summed E-state index contributed by atoms with van der Waals surface area (Å²) in [6, 6.07) is 16.3. The molecule has 0 bridgehead atoms. The average molecular weight is 265 g/mol. The van der Waals surface area contributed by atoms with Crippen LogP contribution in [0.15, 0.2) is 42.5 Å². The maximum absolute atomic E-state index is 8.87. The third-order valence-electron chi connectivity index (χ3n) is 3.32. The monoisotopic (exact) mass is 265 g/mol. The first kappa shape index (κ1) is 14.0. The highest BCUT2D eigenvalue weighted by Crippen LogP contribution is 2.19. The summed E-state index contributed by atoms with van der Waals surface area (Å²) in [7, 11) is 4.06. The first-order valence-corrected chi connectivity index (χ1v) is 6.61. The summed E-state index contributed by atoms with van der Waals surface area (Å²) >= 11 is 0. The molecule has 0 saturated carbocycles. The van der Waals surface area contributed by atoms with E-state index in [1.54, 1.807) is 0 Å². The van der Waals surface area contributed by atoms with E-state index >= 15 is 0 Å². The number of rotatable bonds is 4. The molecule has 0 aliphatic rings. The van der Waals surface area contributed by atoms with Crippen molar-refractivity contribution < 1.29 is 0 Å². The molecule has 2 aromatic rings. The normalized spacial score (nSPS) is 9.90. The molecule has 0 aliphatic heterocycles. The van der Waals surface area contributed by atoms with E-state index in [0.717, 1.165) is 17.8 Å². The summed E-state index contributed by atoms with van der Waals surface area (Å²) in [6.45, 7) is 2.79. The molecule has 3 heteroatoms. The van der Waals surface area contributed by atoms with Gasteiger partial charge in [-0.2, -0.15) is 5.26 Å². The van der Waals surface area contributed by atoms with Crippen LogP contribution in [0.2, 0.25) is 0 Å². The molecule has 0 unspecified atom stereocenters. The van der Waals surface area contributed by atoms with Gasteiger partial charge in [0.05, 0.1) is 11.6 Å².